The number of pyridine rings is 1. The molecule has 7 rings (SSSR count). The van der Waals surface area contributed by atoms with E-state index in [1.165, 1.54) is 46.6 Å². The maximum Gasteiger partial charge on any atom is 0.208 e. The van der Waals surface area contributed by atoms with Crippen molar-refractivity contribution in [1.82, 2.24) is 9.71 Å². The molecule has 3 heterocycles. The molecule has 6 heteroatoms. The van der Waals surface area contributed by atoms with Gasteiger partial charge in [-0.15, -0.1) is 0 Å². The molecule has 6 atom stereocenters. The Morgan fingerprint density at radius 3 is 2.86 bits per heavy atom. The number of hydrogen-bond acceptors (Lipinski definition) is 4. The van der Waals surface area contributed by atoms with Gasteiger partial charge in [0.05, 0.1) is 17.5 Å². The fourth-order valence-electron chi connectivity index (χ4n) is 8.68. The average Bonchev–Trinajstić information content (AvgIpc) is 3.33. The van der Waals surface area contributed by atoms with Crippen LogP contribution in [0.3, 0.4) is 0 Å². The van der Waals surface area contributed by atoms with E-state index in [1.807, 2.05) is 12.4 Å². The summed E-state index contributed by atoms with van der Waals surface area (Å²) >= 11 is 0. The van der Waals surface area contributed by atoms with E-state index in [0.717, 1.165) is 38.5 Å². The van der Waals surface area contributed by atoms with Crippen molar-refractivity contribution in [2.24, 2.45) is 11.3 Å². The summed E-state index contributed by atoms with van der Waals surface area (Å²) in [6.45, 7) is 2.49. The lowest BCUT2D eigenvalue weighted by Crippen LogP contribution is -2.55. The average molecular weight is 491 g/mol. The normalized spacial score (nSPS) is 40.0. The lowest BCUT2D eigenvalue weighted by atomic mass is 9.58. The van der Waals surface area contributed by atoms with Crippen LogP contribution in [-0.4, -0.2) is 36.9 Å². The number of rotatable bonds is 3. The number of benzene rings is 1. The van der Waals surface area contributed by atoms with Crippen molar-refractivity contribution in [2.45, 2.75) is 81.5 Å². The minimum atomic E-state index is -3.23. The summed E-state index contributed by atoms with van der Waals surface area (Å²) in [6.07, 6.45) is 18.1. The van der Waals surface area contributed by atoms with Crippen molar-refractivity contribution in [3.05, 3.63) is 65.5 Å². The molecule has 0 amide bonds. The van der Waals surface area contributed by atoms with Crippen molar-refractivity contribution in [3.63, 3.8) is 0 Å². The van der Waals surface area contributed by atoms with Gasteiger partial charge >= 0.3 is 0 Å². The highest BCUT2D eigenvalue weighted by atomic mass is 32.2. The molecular formula is C29H34N2O3S. The number of hydrogen-bond donors (Lipinski definition) is 1. The van der Waals surface area contributed by atoms with Gasteiger partial charge < -0.3 is 4.74 Å². The Bertz CT molecular complexity index is 1400. The van der Waals surface area contributed by atoms with Gasteiger partial charge in [-0.25, -0.2) is 13.1 Å². The zero-order valence-corrected chi connectivity index (χ0v) is 21.4. The van der Waals surface area contributed by atoms with Crippen LogP contribution in [0.15, 0.2) is 60.0 Å². The van der Waals surface area contributed by atoms with E-state index >= 15 is 0 Å². The first-order valence-corrected chi connectivity index (χ1v) is 15.0. The molecule has 1 unspecified atom stereocenters. The highest BCUT2D eigenvalue weighted by molar-refractivity contribution is 7.88. The quantitative estimate of drug-likeness (QED) is 0.626. The van der Waals surface area contributed by atoms with Crippen LogP contribution in [-0.2, 0) is 14.8 Å². The minimum absolute atomic E-state index is 0.0414. The standard InChI is InChI=1S/C29H34N2O3S/c1-27-11-9-23-16-22-5-6-24(31-35(2,32)33)17-28(22)12-13-29(23,34-28)26(27)8-7-25(27)20-4-3-19-10-14-30-18-21(19)15-20/h3-4,9-10,14-16,18,24-26,31H,5-8,11-13,17H2,1-2H3/t24-,25+,26?,27+,28+,29+/m0/s1. The van der Waals surface area contributed by atoms with Gasteiger partial charge in [0.2, 0.25) is 10.0 Å². The van der Waals surface area contributed by atoms with E-state index in [9.17, 15) is 8.42 Å². The molecule has 3 aliphatic carbocycles. The molecule has 2 saturated carbocycles. The molecule has 35 heavy (non-hydrogen) atoms. The largest absolute Gasteiger partial charge is 0.359 e. The van der Waals surface area contributed by atoms with Crippen molar-refractivity contribution in [1.29, 1.82) is 0 Å². The van der Waals surface area contributed by atoms with Crippen LogP contribution in [0.4, 0.5) is 0 Å². The van der Waals surface area contributed by atoms with Gasteiger partial charge in [-0.1, -0.05) is 31.2 Å². The molecular weight excluding hydrogens is 456 g/mol. The first-order valence-electron chi connectivity index (χ1n) is 13.1. The molecule has 5 nitrogen and oxygen atoms in total. The van der Waals surface area contributed by atoms with E-state index < -0.39 is 10.0 Å². The van der Waals surface area contributed by atoms with Gasteiger partial charge in [-0.2, -0.15) is 0 Å². The molecule has 2 aliphatic heterocycles. The zero-order chi connectivity index (χ0) is 24.1. The lowest BCUT2D eigenvalue weighted by Gasteiger charge is -2.54. The fourth-order valence-corrected chi connectivity index (χ4v) is 9.49. The number of allylic oxidation sites excluding steroid dienone is 1. The van der Waals surface area contributed by atoms with Gasteiger partial charge in [0.1, 0.15) is 0 Å². The van der Waals surface area contributed by atoms with Crippen LogP contribution in [0.5, 0.6) is 0 Å². The first kappa shape index (κ1) is 22.2. The number of sulfonamides is 1. The van der Waals surface area contributed by atoms with Crippen LogP contribution < -0.4 is 4.72 Å². The van der Waals surface area contributed by atoms with Crippen molar-refractivity contribution >= 4 is 20.8 Å². The van der Waals surface area contributed by atoms with Gasteiger partial charge in [0.15, 0.2) is 0 Å². The van der Waals surface area contributed by atoms with E-state index in [0.29, 0.717) is 11.8 Å². The monoisotopic (exact) mass is 490 g/mol. The first-order chi connectivity index (χ1) is 16.7. The summed E-state index contributed by atoms with van der Waals surface area (Å²) in [5.41, 5.74) is 3.85. The second-order valence-electron chi connectivity index (χ2n) is 12.0. The van der Waals surface area contributed by atoms with E-state index in [2.05, 4.69) is 53.0 Å². The Kier molecular flexibility index (Phi) is 4.61. The smallest absolute Gasteiger partial charge is 0.208 e. The van der Waals surface area contributed by atoms with E-state index in [4.69, 9.17) is 4.74 Å². The molecule has 1 saturated heterocycles. The molecule has 1 aromatic heterocycles. The number of fused-ring (bicyclic) bond motifs is 2. The highest BCUT2D eigenvalue weighted by Gasteiger charge is 2.66. The number of ether oxygens (including phenoxy) is 1. The van der Waals surface area contributed by atoms with Gasteiger partial charge in [-0.05, 0) is 103 Å². The molecule has 184 valence electrons. The number of nitrogens with one attached hydrogen (secondary N) is 1. The second-order valence-corrected chi connectivity index (χ2v) is 13.8. The Balaban J connectivity index is 1.24. The summed E-state index contributed by atoms with van der Waals surface area (Å²) in [5, 5.41) is 2.46. The molecule has 5 aliphatic rings. The molecule has 3 fully saturated rings. The van der Waals surface area contributed by atoms with Crippen molar-refractivity contribution in [3.8, 4) is 0 Å². The summed E-state index contributed by atoms with van der Waals surface area (Å²) in [5.74, 6) is 0.978. The molecule has 1 aromatic carbocycles. The third kappa shape index (κ3) is 3.19. The Labute approximate surface area is 208 Å². The number of aromatic nitrogens is 1. The Hall–Kier alpha value is -2.02. The molecule has 1 N–H and O–H groups in total. The van der Waals surface area contributed by atoms with Crippen molar-refractivity contribution < 1.29 is 13.2 Å². The van der Waals surface area contributed by atoms with Crippen LogP contribution in [0.1, 0.15) is 69.8 Å². The SMILES string of the molecule is C[C@]12CC=C3C=C4CC[C@H](NS(C)(=O)=O)C[C@]45CC[C@]3(O5)C1CC[C@@H]2c1ccc2ccncc2c1. The lowest BCUT2D eigenvalue weighted by molar-refractivity contribution is -0.135. The Morgan fingerprint density at radius 2 is 2.00 bits per heavy atom. The van der Waals surface area contributed by atoms with Crippen LogP contribution in [0.25, 0.3) is 10.8 Å². The molecule has 2 spiro atoms. The molecule has 2 bridgehead atoms. The van der Waals surface area contributed by atoms with Crippen LogP contribution in [0, 0.1) is 11.3 Å². The summed E-state index contributed by atoms with van der Waals surface area (Å²) < 4.78 is 34.1. The minimum Gasteiger partial charge on any atom is -0.359 e. The maximum atomic E-state index is 12.0. The van der Waals surface area contributed by atoms with Gasteiger partial charge in [0.25, 0.3) is 0 Å². The summed E-state index contributed by atoms with van der Waals surface area (Å²) in [4.78, 5) is 4.35. The zero-order valence-electron chi connectivity index (χ0n) is 20.6. The summed E-state index contributed by atoms with van der Waals surface area (Å²) in [6, 6.07) is 8.98. The third-order valence-corrected chi connectivity index (χ3v) is 10.9. The maximum absolute atomic E-state index is 12.0. The van der Waals surface area contributed by atoms with Gasteiger partial charge in [-0.3, -0.25) is 4.98 Å². The van der Waals surface area contributed by atoms with Gasteiger partial charge in [0, 0.05) is 23.8 Å². The second kappa shape index (κ2) is 7.27. The van der Waals surface area contributed by atoms with E-state index in [-0.39, 0.29) is 22.7 Å². The van der Waals surface area contributed by atoms with E-state index in [1.54, 1.807) is 0 Å². The fraction of sp³-hybridized carbons (Fsp3) is 0.552. The topological polar surface area (TPSA) is 68.3 Å². The summed E-state index contributed by atoms with van der Waals surface area (Å²) in [7, 11) is -3.23. The highest BCUT2D eigenvalue weighted by Crippen LogP contribution is 2.69. The predicted molar refractivity (Wildman–Crippen MR) is 137 cm³/mol. The number of nitrogens with zero attached hydrogens (tertiary/aromatic N) is 1. The van der Waals surface area contributed by atoms with Crippen LogP contribution >= 0.6 is 0 Å². The van der Waals surface area contributed by atoms with Crippen molar-refractivity contribution in [2.75, 3.05) is 6.26 Å². The molecule has 0 radical (unpaired) electrons. The predicted octanol–water partition coefficient (Wildman–Crippen LogP) is 5.39. The molecule has 2 aromatic rings. The van der Waals surface area contributed by atoms with Crippen LogP contribution in [0.2, 0.25) is 0 Å². The Morgan fingerprint density at radius 1 is 1.11 bits per heavy atom. The third-order valence-electron chi connectivity index (χ3n) is 10.1.